The number of nitrogens with one attached hydrogen (secondary N) is 2. The second kappa shape index (κ2) is 13.8. The van der Waals surface area contributed by atoms with Crippen molar-refractivity contribution in [1.82, 2.24) is 5.32 Å². The van der Waals surface area contributed by atoms with Crippen LogP contribution in [0.15, 0.2) is 188 Å². The quantitative estimate of drug-likeness (QED) is 0.121. The average Bonchev–Trinajstić information content (AvgIpc) is 3.46. The summed E-state index contributed by atoms with van der Waals surface area (Å²) in [5.74, 6) is 0.408. The van der Waals surface area contributed by atoms with Crippen LogP contribution in [0, 0.1) is 5.41 Å². The maximum atomic E-state index is 9.62. The lowest BCUT2D eigenvalue weighted by atomic mass is 9.81. The molecule has 0 radical (unpaired) electrons. The molecule has 0 aliphatic heterocycles. The Bertz CT molecular complexity index is 2650. The van der Waals surface area contributed by atoms with Crippen LogP contribution >= 0.6 is 0 Å². The zero-order valence-corrected chi connectivity index (χ0v) is 30.7. The summed E-state index contributed by atoms with van der Waals surface area (Å²) in [7, 11) is 0. The minimum atomic E-state index is -0.182. The molecule has 0 saturated heterocycles. The van der Waals surface area contributed by atoms with Crippen LogP contribution < -0.4 is 5.32 Å². The summed E-state index contributed by atoms with van der Waals surface area (Å²) in [4.78, 5) is 0. The van der Waals surface area contributed by atoms with Gasteiger partial charge >= 0.3 is 0 Å². The number of rotatable bonds is 8. The van der Waals surface area contributed by atoms with E-state index in [2.05, 4.69) is 195 Å². The van der Waals surface area contributed by atoms with E-state index in [9.17, 15) is 5.41 Å². The van der Waals surface area contributed by atoms with Gasteiger partial charge in [0.1, 0.15) is 5.84 Å². The molecule has 54 heavy (non-hydrogen) atoms. The molecule has 0 heterocycles. The maximum absolute atomic E-state index is 9.62. The van der Waals surface area contributed by atoms with Crippen molar-refractivity contribution in [2.75, 3.05) is 0 Å². The highest BCUT2D eigenvalue weighted by molar-refractivity contribution is 6.04. The lowest BCUT2D eigenvalue weighted by molar-refractivity contribution is 0.647. The van der Waals surface area contributed by atoms with E-state index in [4.69, 9.17) is 0 Å². The Balaban J connectivity index is 1.16. The van der Waals surface area contributed by atoms with Gasteiger partial charge < -0.3 is 5.32 Å². The molecule has 9 rings (SSSR count). The summed E-state index contributed by atoms with van der Waals surface area (Å²) in [5, 5.41) is 15.8. The van der Waals surface area contributed by atoms with Gasteiger partial charge in [0.05, 0.1) is 6.04 Å². The molecule has 8 aromatic carbocycles. The first-order valence-electron chi connectivity index (χ1n) is 18.9. The van der Waals surface area contributed by atoms with Gasteiger partial charge in [-0.3, -0.25) is 5.41 Å². The van der Waals surface area contributed by atoms with E-state index in [0.717, 1.165) is 16.7 Å². The average molecular weight is 695 g/mol. The van der Waals surface area contributed by atoms with Crippen LogP contribution in [0.1, 0.15) is 47.7 Å². The van der Waals surface area contributed by atoms with Gasteiger partial charge in [0.2, 0.25) is 0 Å². The molecule has 1 aliphatic carbocycles. The van der Waals surface area contributed by atoms with Gasteiger partial charge in [-0.2, -0.15) is 0 Å². The Labute approximate surface area is 318 Å². The van der Waals surface area contributed by atoms with E-state index in [1.165, 1.54) is 66.4 Å². The van der Waals surface area contributed by atoms with Gasteiger partial charge in [0.15, 0.2) is 0 Å². The Morgan fingerprint density at radius 2 is 1.06 bits per heavy atom. The van der Waals surface area contributed by atoms with Gasteiger partial charge in [-0.05, 0) is 90.0 Å². The van der Waals surface area contributed by atoms with Crippen molar-refractivity contribution < 1.29 is 0 Å². The number of benzene rings is 8. The first kappa shape index (κ1) is 33.3. The molecule has 0 aromatic heterocycles. The van der Waals surface area contributed by atoms with Crippen molar-refractivity contribution in [2.24, 2.45) is 0 Å². The second-order valence-corrected chi connectivity index (χ2v) is 14.9. The van der Waals surface area contributed by atoms with E-state index in [1.807, 2.05) is 12.1 Å². The van der Waals surface area contributed by atoms with Gasteiger partial charge in [-0.15, -0.1) is 0 Å². The zero-order chi connectivity index (χ0) is 36.6. The Morgan fingerprint density at radius 1 is 0.481 bits per heavy atom. The molecule has 0 saturated carbocycles. The molecule has 8 aromatic rings. The minimum absolute atomic E-state index is 0.0742. The predicted molar refractivity (Wildman–Crippen MR) is 227 cm³/mol. The Hall–Kier alpha value is -6.51. The monoisotopic (exact) mass is 694 g/mol. The first-order chi connectivity index (χ1) is 26.5. The lowest BCUT2D eigenvalue weighted by Crippen LogP contribution is -2.30. The number of fused-ring (bicyclic) bond motifs is 4. The smallest absolute Gasteiger partial charge is 0.126 e. The molecule has 2 N–H and O–H groups in total. The molecule has 2 heteroatoms. The largest absolute Gasteiger partial charge is 0.363 e. The van der Waals surface area contributed by atoms with E-state index < -0.39 is 0 Å². The molecular formula is C52H42N2. The standard InChI is InChI=1S/C52H42N2/c1-52(2)48-30-14-13-24-44(48)45-32-31-38(33-49(45)52)41-26-15-28-43-42(41)27-16-29-46(43)50(34-37-21-9-10-22-39(37)35-17-5-3-6-18-35)54-51(53)47-25-12-11-23-40(47)36-19-7-4-8-20-36/h3-33,50H,34H2,1-2H3,(H2,53,54). The molecule has 0 bridgehead atoms. The maximum Gasteiger partial charge on any atom is 0.126 e. The summed E-state index contributed by atoms with van der Waals surface area (Å²) >= 11 is 0. The van der Waals surface area contributed by atoms with Gasteiger partial charge in [-0.25, -0.2) is 0 Å². The third kappa shape index (κ3) is 5.90. The number of hydrogen-bond donors (Lipinski definition) is 2. The van der Waals surface area contributed by atoms with E-state index >= 15 is 0 Å². The highest BCUT2D eigenvalue weighted by atomic mass is 15.0. The molecular weight excluding hydrogens is 653 g/mol. The zero-order valence-electron chi connectivity index (χ0n) is 30.7. The molecule has 1 atom stereocenters. The predicted octanol–water partition coefficient (Wildman–Crippen LogP) is 13.0. The topological polar surface area (TPSA) is 35.9 Å². The molecule has 2 nitrogen and oxygen atoms in total. The van der Waals surface area contributed by atoms with Crippen LogP contribution in [0.2, 0.25) is 0 Å². The van der Waals surface area contributed by atoms with Crippen LogP contribution in [0.25, 0.3) is 55.3 Å². The van der Waals surface area contributed by atoms with Gasteiger partial charge in [0.25, 0.3) is 0 Å². The van der Waals surface area contributed by atoms with Crippen molar-refractivity contribution in [3.63, 3.8) is 0 Å². The molecule has 0 spiro atoms. The fourth-order valence-corrected chi connectivity index (χ4v) is 8.64. The van der Waals surface area contributed by atoms with Crippen molar-refractivity contribution in [3.8, 4) is 44.5 Å². The van der Waals surface area contributed by atoms with Gasteiger partial charge in [0, 0.05) is 11.0 Å². The summed E-state index contributed by atoms with van der Waals surface area (Å²) in [6, 6.07) is 67.0. The van der Waals surface area contributed by atoms with Crippen LogP contribution in [-0.2, 0) is 11.8 Å². The van der Waals surface area contributed by atoms with Crippen LogP contribution in [0.3, 0.4) is 0 Å². The summed E-state index contributed by atoms with van der Waals surface area (Å²) < 4.78 is 0. The lowest BCUT2D eigenvalue weighted by Gasteiger charge is -2.25. The number of amidine groups is 1. The van der Waals surface area contributed by atoms with E-state index in [1.54, 1.807) is 0 Å². The Kier molecular flexibility index (Phi) is 8.52. The SMILES string of the molecule is CC1(C)c2ccccc2-c2ccc(-c3cccc4c(C(Cc5ccccc5-c5ccccc5)NC(=N)c5ccccc5-c5ccccc5)cccc34)cc21. The van der Waals surface area contributed by atoms with Crippen LogP contribution in [0.5, 0.6) is 0 Å². The normalized spacial score (nSPS) is 13.2. The summed E-state index contributed by atoms with van der Waals surface area (Å²) in [5.41, 5.74) is 15.6. The number of hydrogen-bond acceptors (Lipinski definition) is 1. The highest BCUT2D eigenvalue weighted by Crippen LogP contribution is 2.50. The third-order valence-corrected chi connectivity index (χ3v) is 11.4. The fraction of sp³-hybridized carbons (Fsp3) is 0.0962. The Morgan fingerprint density at radius 3 is 1.83 bits per heavy atom. The van der Waals surface area contributed by atoms with E-state index in [0.29, 0.717) is 12.3 Å². The summed E-state index contributed by atoms with van der Waals surface area (Å²) in [6.07, 6.45) is 0.704. The first-order valence-corrected chi connectivity index (χ1v) is 18.9. The molecule has 260 valence electrons. The van der Waals surface area contributed by atoms with Crippen molar-refractivity contribution in [1.29, 1.82) is 5.41 Å². The molecule has 0 fully saturated rings. The van der Waals surface area contributed by atoms with Crippen molar-refractivity contribution in [3.05, 3.63) is 216 Å². The summed E-state index contributed by atoms with van der Waals surface area (Å²) in [6.45, 7) is 4.69. The van der Waals surface area contributed by atoms with Crippen LogP contribution in [0.4, 0.5) is 0 Å². The van der Waals surface area contributed by atoms with Crippen molar-refractivity contribution in [2.45, 2.75) is 31.7 Å². The highest BCUT2D eigenvalue weighted by Gasteiger charge is 2.35. The molecule has 0 amide bonds. The van der Waals surface area contributed by atoms with Gasteiger partial charge in [-0.1, -0.05) is 196 Å². The third-order valence-electron chi connectivity index (χ3n) is 11.4. The minimum Gasteiger partial charge on any atom is -0.363 e. The molecule has 1 aliphatic rings. The fourth-order valence-electron chi connectivity index (χ4n) is 8.64. The van der Waals surface area contributed by atoms with E-state index in [-0.39, 0.29) is 11.5 Å². The van der Waals surface area contributed by atoms with Crippen molar-refractivity contribution >= 4 is 16.6 Å². The molecule has 1 unspecified atom stereocenters. The second-order valence-electron chi connectivity index (χ2n) is 14.9. The van der Waals surface area contributed by atoms with Crippen LogP contribution in [-0.4, -0.2) is 5.84 Å².